The number of nitrogens with zero attached hydrogens (tertiary/aromatic N) is 2. The monoisotopic (exact) mass is 492 g/mol. The van der Waals surface area contributed by atoms with Gasteiger partial charge in [0.05, 0.1) is 33.3 Å². The van der Waals surface area contributed by atoms with E-state index in [0.717, 1.165) is 39.4 Å². The Bertz CT molecular complexity index is 2220. The molecule has 0 spiro atoms. The van der Waals surface area contributed by atoms with Crippen LogP contribution in [-0.4, -0.2) is 4.40 Å². The first-order valence-corrected chi connectivity index (χ1v) is 12.5. The Morgan fingerprint density at radius 2 is 1.34 bits per heavy atom. The molecule has 180 valence electrons. The van der Waals surface area contributed by atoms with Crippen LogP contribution in [0.3, 0.4) is 0 Å². The minimum atomic E-state index is -0.117. The zero-order chi connectivity index (χ0) is 25.5. The third-order valence-electron chi connectivity index (χ3n) is 7.61. The van der Waals surface area contributed by atoms with Crippen molar-refractivity contribution in [2.75, 3.05) is 4.90 Å². The third kappa shape index (κ3) is 2.65. The lowest BCUT2D eigenvalue weighted by atomic mass is 10.00. The van der Waals surface area contributed by atoms with Crippen molar-refractivity contribution in [2.24, 2.45) is 0 Å². The molecule has 38 heavy (non-hydrogen) atoms. The van der Waals surface area contributed by atoms with Crippen molar-refractivity contribution in [3.63, 3.8) is 0 Å². The van der Waals surface area contributed by atoms with Crippen molar-refractivity contribution in [1.82, 2.24) is 4.40 Å². The van der Waals surface area contributed by atoms with Crippen LogP contribution in [0.1, 0.15) is 5.56 Å². The molecule has 0 fully saturated rings. The molecule has 0 amide bonds. The highest BCUT2D eigenvalue weighted by molar-refractivity contribution is 6.09. The van der Waals surface area contributed by atoms with E-state index in [-0.39, 0.29) is 10.9 Å². The number of para-hydroxylation sites is 4. The summed E-state index contributed by atoms with van der Waals surface area (Å²) in [6.07, 6.45) is 0. The molecule has 5 aromatic carbocycles. The van der Waals surface area contributed by atoms with E-state index in [1.165, 1.54) is 0 Å². The lowest BCUT2D eigenvalue weighted by molar-refractivity contribution is 0.477. The van der Waals surface area contributed by atoms with E-state index in [1.807, 2.05) is 85.8 Å². The fourth-order valence-electron chi connectivity index (χ4n) is 5.95. The maximum absolute atomic E-state index is 13.9. The van der Waals surface area contributed by atoms with Crippen LogP contribution < -0.4 is 20.5 Å². The molecule has 0 N–H and O–H groups in total. The van der Waals surface area contributed by atoms with Crippen LogP contribution in [0.25, 0.3) is 38.1 Å². The molecule has 7 aromatic rings. The van der Waals surface area contributed by atoms with E-state index in [2.05, 4.69) is 21.4 Å². The van der Waals surface area contributed by atoms with Gasteiger partial charge in [-0.05, 0) is 67.1 Å². The maximum atomic E-state index is 13.9. The molecule has 0 aliphatic carbocycles. The van der Waals surface area contributed by atoms with Crippen molar-refractivity contribution in [3.8, 4) is 11.5 Å². The van der Waals surface area contributed by atoms with Gasteiger partial charge in [0.25, 0.3) is 0 Å². The highest BCUT2D eigenvalue weighted by Gasteiger charge is 2.28. The summed E-state index contributed by atoms with van der Waals surface area (Å²) in [5.74, 6) is 1.33. The van der Waals surface area contributed by atoms with Crippen LogP contribution >= 0.6 is 0 Å². The number of hydrogen-bond acceptors (Lipinski definition) is 4. The molecular weight excluding hydrogens is 472 g/mol. The second-order valence-electron chi connectivity index (χ2n) is 9.74. The van der Waals surface area contributed by atoms with Gasteiger partial charge in [-0.1, -0.05) is 48.5 Å². The molecule has 5 nitrogen and oxygen atoms in total. The van der Waals surface area contributed by atoms with Crippen LogP contribution in [0.4, 0.5) is 17.1 Å². The van der Waals surface area contributed by atoms with Gasteiger partial charge in [0.1, 0.15) is 0 Å². The summed E-state index contributed by atoms with van der Waals surface area (Å²) < 4.78 is 8.46. The summed E-state index contributed by atoms with van der Waals surface area (Å²) in [5.41, 5.74) is 5.63. The molecule has 0 saturated carbocycles. The molecule has 2 aromatic heterocycles. The standard InChI is InChI=1S/C33H20N2O3/c1-19-9-7-15-25-30(19)33(37)22-13-8-12-21-31(22)35(25)26-18-27-29(17-23(26)32(21)36)38-28-16-6-5-14-24(28)34(27)20-10-3-2-4-11-20/h2-18H,1H3. The Balaban J connectivity index is 1.60. The molecule has 5 heteroatoms. The number of pyridine rings is 2. The largest absolute Gasteiger partial charge is 0.453 e. The first kappa shape index (κ1) is 21.0. The van der Waals surface area contributed by atoms with Crippen molar-refractivity contribution in [3.05, 3.63) is 129 Å². The second kappa shape index (κ2) is 7.43. The zero-order valence-corrected chi connectivity index (χ0v) is 20.4. The van der Waals surface area contributed by atoms with Gasteiger partial charge in [-0.3, -0.25) is 9.59 Å². The molecule has 1 aliphatic heterocycles. The van der Waals surface area contributed by atoms with E-state index in [4.69, 9.17) is 4.74 Å². The maximum Gasteiger partial charge on any atom is 0.197 e. The number of ether oxygens (including phenoxy) is 1. The normalized spacial score (nSPS) is 12.7. The smallest absolute Gasteiger partial charge is 0.197 e. The van der Waals surface area contributed by atoms with Crippen molar-refractivity contribution in [2.45, 2.75) is 6.92 Å². The fourth-order valence-corrected chi connectivity index (χ4v) is 5.95. The zero-order valence-electron chi connectivity index (χ0n) is 20.4. The third-order valence-corrected chi connectivity index (χ3v) is 7.61. The lowest BCUT2D eigenvalue weighted by Crippen LogP contribution is -2.18. The van der Waals surface area contributed by atoms with Gasteiger partial charge in [-0.25, -0.2) is 0 Å². The number of anilines is 3. The number of aromatic nitrogens is 1. The summed E-state index contributed by atoms with van der Waals surface area (Å²) in [5, 5.41) is 2.27. The Morgan fingerprint density at radius 3 is 2.18 bits per heavy atom. The van der Waals surface area contributed by atoms with E-state index in [0.29, 0.717) is 32.8 Å². The van der Waals surface area contributed by atoms with Crippen molar-refractivity contribution < 1.29 is 4.74 Å². The van der Waals surface area contributed by atoms with Gasteiger partial charge in [-0.2, -0.15) is 0 Å². The summed E-state index contributed by atoms with van der Waals surface area (Å²) in [4.78, 5) is 29.7. The highest BCUT2D eigenvalue weighted by Crippen LogP contribution is 2.51. The fraction of sp³-hybridized carbons (Fsp3) is 0.0303. The first-order valence-electron chi connectivity index (χ1n) is 12.5. The minimum Gasteiger partial charge on any atom is -0.453 e. The predicted octanol–water partition coefficient (Wildman–Crippen LogP) is 7.44. The van der Waals surface area contributed by atoms with E-state index in [1.54, 1.807) is 12.1 Å². The van der Waals surface area contributed by atoms with Gasteiger partial charge < -0.3 is 14.0 Å². The van der Waals surface area contributed by atoms with Crippen molar-refractivity contribution in [1.29, 1.82) is 0 Å². The predicted molar refractivity (Wildman–Crippen MR) is 153 cm³/mol. The van der Waals surface area contributed by atoms with Crippen LogP contribution in [0.2, 0.25) is 0 Å². The van der Waals surface area contributed by atoms with Gasteiger partial charge in [0, 0.05) is 21.8 Å². The highest BCUT2D eigenvalue weighted by atomic mass is 16.5. The molecule has 0 saturated heterocycles. The quantitative estimate of drug-likeness (QED) is 0.176. The van der Waals surface area contributed by atoms with Gasteiger partial charge in [0.2, 0.25) is 0 Å². The van der Waals surface area contributed by atoms with Gasteiger partial charge in [-0.15, -0.1) is 0 Å². The Hall–Kier alpha value is -5.16. The van der Waals surface area contributed by atoms with Crippen molar-refractivity contribution >= 4 is 55.2 Å². The van der Waals surface area contributed by atoms with E-state index >= 15 is 0 Å². The van der Waals surface area contributed by atoms with Gasteiger partial charge in [0.15, 0.2) is 22.4 Å². The molecule has 8 rings (SSSR count). The number of aryl methyl sites for hydroxylation is 1. The Kier molecular flexibility index (Phi) is 4.10. The SMILES string of the molecule is Cc1cccc2c1c(=O)c1cccc3c(=O)c4cc5c(cc4n2c31)N(c1ccccc1)c1ccccc1O5. The molecular formula is C33H20N2O3. The van der Waals surface area contributed by atoms with E-state index in [9.17, 15) is 9.59 Å². The molecule has 0 unspecified atom stereocenters. The van der Waals surface area contributed by atoms with Gasteiger partial charge >= 0.3 is 0 Å². The summed E-state index contributed by atoms with van der Waals surface area (Å²) in [7, 11) is 0. The summed E-state index contributed by atoms with van der Waals surface area (Å²) >= 11 is 0. The summed E-state index contributed by atoms with van der Waals surface area (Å²) in [6, 6.07) is 33.2. The van der Waals surface area contributed by atoms with Crippen LogP contribution in [-0.2, 0) is 0 Å². The molecule has 0 atom stereocenters. The van der Waals surface area contributed by atoms with E-state index < -0.39 is 0 Å². The molecule has 0 radical (unpaired) electrons. The minimum absolute atomic E-state index is 0.0522. The molecule has 3 heterocycles. The van der Waals surface area contributed by atoms with Crippen LogP contribution in [0.15, 0.2) is 113 Å². The molecule has 1 aliphatic rings. The lowest BCUT2D eigenvalue weighted by Gasteiger charge is -2.33. The number of hydrogen-bond donors (Lipinski definition) is 0. The average Bonchev–Trinajstić information content (AvgIpc) is 2.95. The summed E-state index contributed by atoms with van der Waals surface area (Å²) in [6.45, 7) is 1.95. The number of fused-ring (bicyclic) bond motifs is 6. The number of rotatable bonds is 1. The topological polar surface area (TPSA) is 51.0 Å². The second-order valence-corrected chi connectivity index (χ2v) is 9.74. The number of benzene rings is 5. The Morgan fingerprint density at radius 1 is 0.605 bits per heavy atom. The van der Waals surface area contributed by atoms with Crippen LogP contribution in [0, 0.1) is 6.92 Å². The Labute approximate surface area is 216 Å². The first-order chi connectivity index (χ1) is 18.6. The van der Waals surface area contributed by atoms with Crippen LogP contribution in [0.5, 0.6) is 11.5 Å². The average molecular weight is 493 g/mol. The molecule has 0 bridgehead atoms.